The molecular weight excluding hydrogens is 316 g/mol. The van der Waals surface area contributed by atoms with Gasteiger partial charge in [0.05, 0.1) is 0 Å². The highest BCUT2D eigenvalue weighted by Gasteiger charge is 2.84. The molecule has 0 bridgehead atoms. The first-order valence-electron chi connectivity index (χ1n) is 3.86. The van der Waals surface area contributed by atoms with Crippen LogP contribution in [0.3, 0.4) is 0 Å². The highest BCUT2D eigenvalue weighted by molar-refractivity contribution is 4.98. The van der Waals surface area contributed by atoms with Crippen LogP contribution in [0.2, 0.25) is 0 Å². The summed E-state index contributed by atoms with van der Waals surface area (Å²) in [5.74, 6) is -14.5. The largest absolute Gasteiger partial charge is 0.459 e. The summed E-state index contributed by atoms with van der Waals surface area (Å²) in [4.78, 5) is 0. The van der Waals surface area contributed by atoms with Crippen molar-refractivity contribution in [2.75, 3.05) is 6.67 Å². The molecule has 0 aromatic heterocycles. The summed E-state index contributed by atoms with van der Waals surface area (Å²) < 4.78 is 145. The van der Waals surface area contributed by atoms with Gasteiger partial charge in [0.15, 0.2) is 6.67 Å². The van der Waals surface area contributed by atoms with Crippen molar-refractivity contribution in [1.82, 2.24) is 0 Å². The Labute approximate surface area is 95.7 Å². The fraction of sp³-hybridized carbons (Fsp3) is 1.00. The van der Waals surface area contributed by atoms with Gasteiger partial charge < -0.3 is 0 Å². The first-order chi connectivity index (χ1) is 8.02. The van der Waals surface area contributed by atoms with Crippen molar-refractivity contribution in [2.45, 2.75) is 30.2 Å². The highest BCUT2D eigenvalue weighted by Crippen LogP contribution is 2.54. The maximum atomic E-state index is 12.8. The molecule has 0 radical (unpaired) electrons. The van der Waals surface area contributed by atoms with E-state index in [0.717, 1.165) is 0 Å². The lowest BCUT2D eigenvalue weighted by atomic mass is 10.1. The van der Waals surface area contributed by atoms with Gasteiger partial charge in [-0.05, 0) is 0 Å². The van der Waals surface area contributed by atoms with Crippen LogP contribution >= 0.6 is 0 Å². The number of alkyl halides is 12. The van der Waals surface area contributed by atoms with E-state index in [9.17, 15) is 52.7 Å². The zero-order valence-electron chi connectivity index (χ0n) is 8.15. The third kappa shape index (κ3) is 3.17. The zero-order valence-corrected chi connectivity index (χ0v) is 8.15. The Balaban J connectivity index is 5.84. The van der Waals surface area contributed by atoms with Crippen LogP contribution in [0.4, 0.5) is 52.7 Å². The molecule has 0 aromatic rings. The quantitative estimate of drug-likeness (QED) is 0.712. The molecule has 0 saturated heterocycles. The summed E-state index contributed by atoms with van der Waals surface area (Å²) in [6.07, 6.45) is -20.2. The summed E-state index contributed by atoms with van der Waals surface area (Å²) in [5.41, 5.74) is 0. The van der Waals surface area contributed by atoms with Gasteiger partial charge in [-0.3, -0.25) is 4.74 Å². The van der Waals surface area contributed by atoms with E-state index in [1.165, 1.54) is 0 Å². The molecule has 0 rings (SSSR count). The zero-order chi connectivity index (χ0) is 15.9. The van der Waals surface area contributed by atoms with Gasteiger partial charge in [0.25, 0.3) is 0 Å². The van der Waals surface area contributed by atoms with Gasteiger partial charge in [-0.2, -0.15) is 48.3 Å². The van der Waals surface area contributed by atoms with Crippen LogP contribution in [0, 0.1) is 0 Å². The summed E-state index contributed by atoms with van der Waals surface area (Å²) in [6.45, 7) is -3.25. The van der Waals surface area contributed by atoms with E-state index in [4.69, 9.17) is 0 Å². The van der Waals surface area contributed by atoms with Crippen molar-refractivity contribution in [3.63, 3.8) is 0 Å². The molecular formula is C6H2F12O. The minimum absolute atomic E-state index is 1.76. The molecule has 0 aromatic carbocycles. The van der Waals surface area contributed by atoms with Crippen LogP contribution in [0.15, 0.2) is 0 Å². The molecule has 0 fully saturated rings. The minimum Gasteiger partial charge on any atom is -0.267 e. The molecule has 1 unspecified atom stereocenters. The molecule has 0 aliphatic carbocycles. The van der Waals surface area contributed by atoms with Crippen molar-refractivity contribution in [3.05, 3.63) is 0 Å². The third-order valence-corrected chi connectivity index (χ3v) is 1.57. The average Bonchev–Trinajstić information content (AvgIpc) is 2.13. The van der Waals surface area contributed by atoms with Gasteiger partial charge in [-0.15, -0.1) is 0 Å². The maximum absolute atomic E-state index is 12.8. The standard InChI is InChI=1S/C6H2F12O/c7-1-2(8,9)19-4(12,6(16,17)18)3(10,11)5(13,14)15/h1H2. The van der Waals surface area contributed by atoms with Crippen LogP contribution in [0.1, 0.15) is 0 Å². The van der Waals surface area contributed by atoms with Crippen LogP contribution in [-0.2, 0) is 4.74 Å². The molecule has 1 nitrogen and oxygen atoms in total. The van der Waals surface area contributed by atoms with E-state index in [1.54, 1.807) is 4.74 Å². The summed E-state index contributed by atoms with van der Waals surface area (Å²) in [5, 5.41) is 0. The average molecular weight is 318 g/mol. The van der Waals surface area contributed by atoms with Gasteiger partial charge in [0, 0.05) is 0 Å². The fourth-order valence-corrected chi connectivity index (χ4v) is 0.715. The van der Waals surface area contributed by atoms with E-state index >= 15 is 0 Å². The third-order valence-electron chi connectivity index (χ3n) is 1.57. The lowest BCUT2D eigenvalue weighted by molar-refractivity contribution is -0.492. The second-order valence-electron chi connectivity index (χ2n) is 3.04. The van der Waals surface area contributed by atoms with Gasteiger partial charge >= 0.3 is 30.2 Å². The highest BCUT2D eigenvalue weighted by atomic mass is 19.4. The normalized spacial score (nSPS) is 18.3. The summed E-state index contributed by atoms with van der Waals surface area (Å²) in [6, 6.07) is 0. The van der Waals surface area contributed by atoms with Crippen LogP contribution < -0.4 is 0 Å². The van der Waals surface area contributed by atoms with Crippen molar-refractivity contribution < 1.29 is 57.4 Å². The Bertz CT molecular complexity index is 315. The molecule has 0 spiro atoms. The van der Waals surface area contributed by atoms with Crippen LogP contribution in [-0.4, -0.2) is 36.9 Å². The molecule has 0 amide bonds. The monoisotopic (exact) mass is 318 g/mol. The molecule has 0 aliphatic rings. The van der Waals surface area contributed by atoms with Gasteiger partial charge in [0.1, 0.15) is 0 Å². The van der Waals surface area contributed by atoms with E-state index in [1.807, 2.05) is 0 Å². The summed E-state index contributed by atoms with van der Waals surface area (Å²) in [7, 11) is 0. The smallest absolute Gasteiger partial charge is 0.267 e. The first kappa shape index (κ1) is 18.1. The second kappa shape index (κ2) is 4.59. The second-order valence-corrected chi connectivity index (χ2v) is 3.04. The van der Waals surface area contributed by atoms with Crippen LogP contribution in [0.25, 0.3) is 0 Å². The van der Waals surface area contributed by atoms with Gasteiger partial charge in [-0.1, -0.05) is 0 Å². The fourth-order valence-electron chi connectivity index (χ4n) is 0.715. The minimum atomic E-state index is -7.38. The SMILES string of the molecule is FCC(F)(F)OC(F)(C(F)(F)F)C(F)(F)C(F)(F)F. The molecule has 19 heavy (non-hydrogen) atoms. The van der Waals surface area contributed by atoms with Gasteiger partial charge in [-0.25, -0.2) is 4.39 Å². The lowest BCUT2D eigenvalue weighted by Gasteiger charge is -2.36. The van der Waals surface area contributed by atoms with Crippen molar-refractivity contribution >= 4 is 0 Å². The molecule has 116 valence electrons. The van der Waals surface area contributed by atoms with Crippen molar-refractivity contribution in [1.29, 1.82) is 0 Å². The maximum Gasteiger partial charge on any atom is 0.459 e. The molecule has 0 saturated carbocycles. The number of rotatable bonds is 4. The van der Waals surface area contributed by atoms with E-state index in [0.29, 0.717) is 0 Å². The molecule has 13 heteroatoms. The Morgan fingerprint density at radius 1 is 0.632 bits per heavy atom. The Kier molecular flexibility index (Phi) is 4.38. The number of hydrogen-bond acceptors (Lipinski definition) is 1. The predicted octanol–water partition coefficient (Wildman–Crippen LogP) is 3.99. The molecule has 0 heterocycles. The van der Waals surface area contributed by atoms with Crippen molar-refractivity contribution in [2.24, 2.45) is 0 Å². The molecule has 0 aliphatic heterocycles. The topological polar surface area (TPSA) is 9.23 Å². The Morgan fingerprint density at radius 2 is 1.00 bits per heavy atom. The Hall–Kier alpha value is -0.880. The van der Waals surface area contributed by atoms with Crippen LogP contribution in [0.5, 0.6) is 0 Å². The van der Waals surface area contributed by atoms with E-state index in [-0.39, 0.29) is 0 Å². The number of halogens is 12. The molecule has 1 atom stereocenters. The first-order valence-corrected chi connectivity index (χ1v) is 3.86. The number of hydrogen-bond donors (Lipinski definition) is 0. The Morgan fingerprint density at radius 3 is 1.21 bits per heavy atom. The van der Waals surface area contributed by atoms with Gasteiger partial charge in [0.2, 0.25) is 0 Å². The van der Waals surface area contributed by atoms with E-state index < -0.39 is 36.9 Å². The number of ether oxygens (including phenoxy) is 1. The predicted molar refractivity (Wildman–Crippen MR) is 32.9 cm³/mol. The molecule has 0 N–H and O–H groups in total. The summed E-state index contributed by atoms with van der Waals surface area (Å²) >= 11 is 0. The van der Waals surface area contributed by atoms with Crippen molar-refractivity contribution in [3.8, 4) is 0 Å². The van der Waals surface area contributed by atoms with E-state index in [2.05, 4.69) is 0 Å². The lowest BCUT2D eigenvalue weighted by Crippen LogP contribution is -2.65.